The van der Waals surface area contributed by atoms with Crippen LogP contribution in [0.25, 0.3) is 10.8 Å². The fraction of sp³-hybridized carbons (Fsp3) is 0.125. The molecule has 0 aliphatic carbocycles. The third kappa shape index (κ3) is 1.83. The third-order valence-electron chi connectivity index (χ3n) is 1.54. The van der Waals surface area contributed by atoms with E-state index < -0.39 is 0 Å². The Hall–Kier alpha value is -1.20. The minimum absolute atomic E-state index is 0.443. The third-order valence-corrected chi connectivity index (χ3v) is 2.65. The first-order valence-corrected chi connectivity index (χ1v) is 5.07. The Morgan fingerprint density at radius 1 is 1.43 bits per heavy atom. The lowest BCUT2D eigenvalue weighted by molar-refractivity contribution is 1.11. The molecule has 0 atom stereocenters. The monoisotopic (exact) mass is 226 g/mol. The van der Waals surface area contributed by atoms with Crippen LogP contribution in [0.3, 0.4) is 0 Å². The highest BCUT2D eigenvalue weighted by Crippen LogP contribution is 2.25. The molecule has 72 valence electrons. The number of thiazole rings is 1. The van der Waals surface area contributed by atoms with Crippen molar-refractivity contribution < 1.29 is 0 Å². The Balaban J connectivity index is 2.51. The van der Waals surface area contributed by atoms with Gasteiger partial charge < -0.3 is 5.73 Å². The van der Waals surface area contributed by atoms with Crippen LogP contribution in [0.5, 0.6) is 0 Å². The van der Waals surface area contributed by atoms with E-state index >= 15 is 0 Å². The summed E-state index contributed by atoms with van der Waals surface area (Å²) >= 11 is 7.09. The number of nitrogens with two attached hydrogens (primary N) is 1. The molecule has 0 bridgehead atoms. The molecule has 2 N–H and O–H groups in total. The lowest BCUT2D eigenvalue weighted by Gasteiger charge is -1.98. The molecule has 4 nitrogen and oxygen atoms in total. The highest BCUT2D eigenvalue weighted by Gasteiger charge is 2.07. The summed E-state index contributed by atoms with van der Waals surface area (Å²) in [5, 5.41) is 0.686. The highest BCUT2D eigenvalue weighted by molar-refractivity contribution is 7.18. The number of nitrogen functional groups attached to an aromatic ring is 1. The summed E-state index contributed by atoms with van der Waals surface area (Å²) in [7, 11) is 0. The van der Waals surface area contributed by atoms with Gasteiger partial charge in [-0.3, -0.25) is 0 Å². The van der Waals surface area contributed by atoms with Gasteiger partial charge >= 0.3 is 0 Å². The second-order valence-corrected chi connectivity index (χ2v) is 4.39. The van der Waals surface area contributed by atoms with E-state index in [4.69, 9.17) is 17.3 Å². The first kappa shape index (κ1) is 9.36. The lowest BCUT2D eigenvalue weighted by atomic mass is 10.4. The van der Waals surface area contributed by atoms with Crippen LogP contribution in [0.2, 0.25) is 4.34 Å². The van der Waals surface area contributed by atoms with Crippen LogP contribution >= 0.6 is 22.9 Å². The Morgan fingerprint density at radius 3 is 2.79 bits per heavy atom. The average molecular weight is 227 g/mol. The van der Waals surface area contributed by atoms with Gasteiger partial charge in [0.2, 0.25) is 0 Å². The van der Waals surface area contributed by atoms with Gasteiger partial charge in [-0.1, -0.05) is 22.9 Å². The van der Waals surface area contributed by atoms with E-state index in [2.05, 4.69) is 15.0 Å². The summed E-state index contributed by atoms with van der Waals surface area (Å²) in [6.07, 6.45) is 1.57. The van der Waals surface area contributed by atoms with Crippen molar-refractivity contribution in [3.63, 3.8) is 0 Å². The van der Waals surface area contributed by atoms with Crippen LogP contribution < -0.4 is 5.73 Å². The smallest absolute Gasteiger partial charge is 0.190 e. The van der Waals surface area contributed by atoms with Gasteiger partial charge in [0, 0.05) is 11.8 Å². The number of aryl methyl sites for hydroxylation is 1. The van der Waals surface area contributed by atoms with E-state index in [9.17, 15) is 0 Å². The number of halogens is 1. The van der Waals surface area contributed by atoms with Crippen molar-refractivity contribution in [3.05, 3.63) is 22.3 Å². The van der Waals surface area contributed by atoms with E-state index in [-0.39, 0.29) is 0 Å². The molecule has 2 rings (SSSR count). The summed E-state index contributed by atoms with van der Waals surface area (Å²) in [6, 6.07) is 1.71. The van der Waals surface area contributed by atoms with Crippen LogP contribution in [-0.4, -0.2) is 15.0 Å². The van der Waals surface area contributed by atoms with Crippen LogP contribution in [0, 0.1) is 6.92 Å². The molecule has 6 heteroatoms. The Morgan fingerprint density at radius 2 is 2.21 bits per heavy atom. The maximum Gasteiger partial charge on any atom is 0.190 e. The van der Waals surface area contributed by atoms with Crippen LogP contribution in [-0.2, 0) is 0 Å². The van der Waals surface area contributed by atoms with Crippen molar-refractivity contribution in [2.45, 2.75) is 6.92 Å². The molecule has 2 heterocycles. The van der Waals surface area contributed by atoms with Gasteiger partial charge in [0.15, 0.2) is 10.8 Å². The van der Waals surface area contributed by atoms with E-state index in [0.717, 1.165) is 5.69 Å². The molecular formula is C8H7ClN4S. The van der Waals surface area contributed by atoms with Gasteiger partial charge in [-0.2, -0.15) is 0 Å². The van der Waals surface area contributed by atoms with Crippen molar-refractivity contribution in [3.8, 4) is 10.8 Å². The quantitative estimate of drug-likeness (QED) is 0.809. The standard InChI is InChI=1S/C8H7ClN4S/c1-4-2-6(10)13-7(12-4)8-11-3-5(9)14-8/h2-3H,1H3,(H2,10,12,13). The fourth-order valence-corrected chi connectivity index (χ4v) is 1.89. The number of anilines is 1. The van der Waals surface area contributed by atoms with Crippen LogP contribution in [0.4, 0.5) is 5.82 Å². The van der Waals surface area contributed by atoms with Crippen molar-refractivity contribution in [1.82, 2.24) is 15.0 Å². The minimum atomic E-state index is 0.443. The summed E-state index contributed by atoms with van der Waals surface area (Å²) < 4.78 is 0.615. The van der Waals surface area contributed by atoms with Gasteiger partial charge in [-0.25, -0.2) is 15.0 Å². The molecule has 2 aromatic heterocycles. The largest absolute Gasteiger partial charge is 0.384 e. The molecule has 14 heavy (non-hydrogen) atoms. The van der Waals surface area contributed by atoms with E-state index in [0.29, 0.717) is 21.0 Å². The van der Waals surface area contributed by atoms with Crippen LogP contribution in [0.1, 0.15) is 5.69 Å². The molecule has 0 aliphatic rings. The number of hydrogen-bond donors (Lipinski definition) is 1. The van der Waals surface area contributed by atoms with Gasteiger partial charge in [0.1, 0.15) is 10.2 Å². The van der Waals surface area contributed by atoms with Crippen molar-refractivity contribution in [2.24, 2.45) is 0 Å². The van der Waals surface area contributed by atoms with Gasteiger partial charge in [0.05, 0.1) is 6.20 Å². The Labute approximate surface area is 89.8 Å². The zero-order valence-electron chi connectivity index (χ0n) is 7.36. The zero-order chi connectivity index (χ0) is 10.1. The summed E-state index contributed by atoms with van der Waals surface area (Å²) in [4.78, 5) is 12.4. The SMILES string of the molecule is Cc1cc(N)nc(-c2ncc(Cl)s2)n1. The molecular weight excluding hydrogens is 220 g/mol. The predicted octanol–water partition coefficient (Wildman–Crippen LogP) is 2.14. The van der Waals surface area contributed by atoms with Crippen molar-refractivity contribution in [1.29, 1.82) is 0 Å². The van der Waals surface area contributed by atoms with E-state index in [1.165, 1.54) is 11.3 Å². The highest BCUT2D eigenvalue weighted by atomic mass is 35.5. The Bertz CT molecular complexity index is 448. The summed E-state index contributed by atoms with van der Waals surface area (Å²) in [5.41, 5.74) is 6.41. The number of hydrogen-bond acceptors (Lipinski definition) is 5. The molecule has 0 saturated carbocycles. The minimum Gasteiger partial charge on any atom is -0.384 e. The second-order valence-electron chi connectivity index (χ2n) is 2.73. The van der Waals surface area contributed by atoms with Crippen LogP contribution in [0.15, 0.2) is 12.3 Å². The van der Waals surface area contributed by atoms with Gasteiger partial charge in [-0.15, -0.1) is 0 Å². The first-order chi connectivity index (χ1) is 6.65. The number of aromatic nitrogens is 3. The van der Waals surface area contributed by atoms with Crippen molar-refractivity contribution >= 4 is 28.8 Å². The van der Waals surface area contributed by atoms with E-state index in [1.807, 2.05) is 6.92 Å². The summed E-state index contributed by atoms with van der Waals surface area (Å²) in [5.74, 6) is 0.971. The second kappa shape index (κ2) is 3.51. The molecule has 0 spiro atoms. The molecule has 0 aliphatic heterocycles. The molecule has 0 amide bonds. The maximum atomic E-state index is 5.76. The fourth-order valence-electron chi connectivity index (χ4n) is 1.05. The van der Waals surface area contributed by atoms with Crippen molar-refractivity contribution in [2.75, 3.05) is 5.73 Å². The predicted molar refractivity (Wildman–Crippen MR) is 57.3 cm³/mol. The van der Waals surface area contributed by atoms with E-state index in [1.54, 1.807) is 12.3 Å². The number of nitrogens with zero attached hydrogens (tertiary/aromatic N) is 3. The summed E-state index contributed by atoms with van der Waals surface area (Å²) in [6.45, 7) is 1.86. The molecule has 0 aromatic carbocycles. The normalized spacial score (nSPS) is 10.4. The zero-order valence-corrected chi connectivity index (χ0v) is 8.93. The van der Waals surface area contributed by atoms with Gasteiger partial charge in [-0.05, 0) is 6.92 Å². The van der Waals surface area contributed by atoms with Gasteiger partial charge in [0.25, 0.3) is 0 Å². The average Bonchev–Trinajstić information content (AvgIpc) is 2.50. The molecule has 0 unspecified atom stereocenters. The molecule has 0 radical (unpaired) electrons. The molecule has 0 saturated heterocycles. The maximum absolute atomic E-state index is 5.76. The Kier molecular flexibility index (Phi) is 2.35. The lowest BCUT2D eigenvalue weighted by Crippen LogP contribution is -1.96. The number of rotatable bonds is 1. The molecule has 0 fully saturated rings. The topological polar surface area (TPSA) is 64.7 Å². The first-order valence-electron chi connectivity index (χ1n) is 3.88. The molecule has 2 aromatic rings.